The van der Waals surface area contributed by atoms with Crippen LogP contribution in [0.3, 0.4) is 0 Å². The van der Waals surface area contributed by atoms with Crippen LogP contribution in [0.1, 0.15) is 21.9 Å². The highest BCUT2D eigenvalue weighted by Gasteiger charge is 2.52. The summed E-state index contributed by atoms with van der Waals surface area (Å²) in [5, 5.41) is 7.74. The fourth-order valence-electron chi connectivity index (χ4n) is 3.27. The first kappa shape index (κ1) is 22.6. The van der Waals surface area contributed by atoms with Crippen LogP contribution < -0.4 is 0 Å². The Morgan fingerprint density at radius 2 is 1.10 bits per heavy atom. The quantitative estimate of drug-likeness (QED) is 0.391. The highest BCUT2D eigenvalue weighted by Crippen LogP contribution is 2.37. The Morgan fingerprint density at radius 3 is 1.52 bits per heavy atom. The third-order valence-electron chi connectivity index (χ3n) is 4.95. The van der Waals surface area contributed by atoms with Crippen LogP contribution in [0.2, 0.25) is 0 Å². The van der Waals surface area contributed by atoms with E-state index in [1.165, 1.54) is 60.7 Å². The van der Waals surface area contributed by atoms with E-state index in [2.05, 4.69) is 0 Å². The van der Waals surface area contributed by atoms with Gasteiger partial charge in [0.2, 0.25) is 9.84 Å². The molecule has 0 aliphatic rings. The van der Waals surface area contributed by atoms with Crippen molar-refractivity contribution in [1.82, 2.24) is 0 Å². The van der Waals surface area contributed by atoms with Crippen LogP contribution in [0.25, 0.3) is 0 Å². The molecule has 0 bridgehead atoms. The van der Waals surface area contributed by atoms with Crippen LogP contribution >= 0.6 is 0 Å². The van der Waals surface area contributed by atoms with E-state index >= 15 is 0 Å². The van der Waals surface area contributed by atoms with Gasteiger partial charge in [-0.3, -0.25) is 10.1 Å². The smallest absolute Gasteiger partial charge is 0.263 e. The van der Waals surface area contributed by atoms with Gasteiger partial charge in [0.1, 0.15) is 0 Å². The minimum absolute atomic E-state index is 0.0282. The van der Waals surface area contributed by atoms with E-state index in [0.29, 0.717) is 0 Å². The van der Waals surface area contributed by atoms with Crippen LogP contribution in [0.5, 0.6) is 0 Å². The van der Waals surface area contributed by atoms with Gasteiger partial charge in [0.05, 0.1) is 9.79 Å². The van der Waals surface area contributed by atoms with Gasteiger partial charge >= 0.3 is 5.37 Å². The summed E-state index contributed by atoms with van der Waals surface area (Å²) in [6.45, 7) is 3.52. The van der Waals surface area contributed by atoms with Crippen LogP contribution in [0, 0.1) is 24.0 Å². The van der Waals surface area contributed by atoms with E-state index < -0.39 is 35.2 Å². The molecule has 0 spiro atoms. The largest absolute Gasteiger partial charge is 0.335 e. The lowest BCUT2D eigenvalue weighted by atomic mass is 10.1. The summed E-state index contributed by atoms with van der Waals surface area (Å²) in [7, 11) is -9.08. The van der Waals surface area contributed by atoms with E-state index in [-0.39, 0.29) is 15.4 Å². The molecule has 2 atom stereocenters. The van der Waals surface area contributed by atoms with Gasteiger partial charge in [-0.1, -0.05) is 65.7 Å². The Kier molecular flexibility index (Phi) is 6.28. The molecule has 0 fully saturated rings. The van der Waals surface area contributed by atoms with Gasteiger partial charge in [0, 0.05) is 4.92 Å². The maximum absolute atomic E-state index is 13.6. The van der Waals surface area contributed by atoms with Crippen molar-refractivity contribution in [2.24, 2.45) is 0 Å². The molecule has 3 aromatic carbocycles. The zero-order valence-electron chi connectivity index (χ0n) is 16.9. The second-order valence-corrected chi connectivity index (χ2v) is 11.3. The number of nitrogens with zero attached hydrogens (tertiary/aromatic N) is 1. The van der Waals surface area contributed by atoms with Crippen molar-refractivity contribution in [2.45, 2.75) is 34.3 Å². The van der Waals surface area contributed by atoms with E-state index in [4.69, 9.17) is 0 Å². The Morgan fingerprint density at radius 1 is 0.677 bits per heavy atom. The number of sulfone groups is 2. The zero-order chi connectivity index (χ0) is 22.8. The molecule has 2 unspecified atom stereocenters. The number of benzene rings is 3. The molecular weight excluding hydrogens is 438 g/mol. The first-order chi connectivity index (χ1) is 14.5. The van der Waals surface area contributed by atoms with Gasteiger partial charge in [-0.15, -0.1) is 0 Å². The number of aryl methyl sites for hydroxylation is 2. The number of rotatable bonds is 7. The Hall–Kier alpha value is -3.04. The second-order valence-electron chi connectivity index (χ2n) is 7.22. The number of hydrogen-bond donors (Lipinski definition) is 0. The summed E-state index contributed by atoms with van der Waals surface area (Å²) in [5.41, 5.74) is 1.59. The van der Waals surface area contributed by atoms with Crippen LogP contribution in [-0.2, 0) is 19.7 Å². The van der Waals surface area contributed by atoms with E-state index in [1.807, 2.05) is 0 Å². The van der Waals surface area contributed by atoms with E-state index in [0.717, 1.165) is 11.1 Å². The maximum atomic E-state index is 13.6. The monoisotopic (exact) mass is 459 g/mol. The zero-order valence-corrected chi connectivity index (χ0v) is 18.5. The molecule has 31 heavy (non-hydrogen) atoms. The van der Waals surface area contributed by atoms with Gasteiger partial charge in [0.15, 0.2) is 15.1 Å². The first-order valence-corrected chi connectivity index (χ1v) is 12.4. The molecule has 0 N–H and O–H groups in total. The lowest BCUT2D eigenvalue weighted by Crippen LogP contribution is -2.39. The lowest BCUT2D eigenvalue weighted by Gasteiger charge is -2.22. The molecule has 0 aliphatic heterocycles. The predicted molar refractivity (Wildman–Crippen MR) is 117 cm³/mol. The van der Waals surface area contributed by atoms with Gasteiger partial charge in [-0.25, -0.2) is 16.8 Å². The summed E-state index contributed by atoms with van der Waals surface area (Å²) in [4.78, 5) is 10.6. The molecule has 0 aromatic heterocycles. The molecule has 3 aromatic rings. The van der Waals surface area contributed by atoms with Gasteiger partial charge in [-0.05, 0) is 43.7 Å². The van der Waals surface area contributed by atoms with Crippen molar-refractivity contribution in [3.8, 4) is 0 Å². The Bertz CT molecular complexity index is 1280. The SMILES string of the molecule is Cc1ccc(S(=O)(=O)C(c2ccccc2)C([N+](=O)[O-])S(=O)(=O)c2ccc(C)cc2)cc1. The van der Waals surface area contributed by atoms with Crippen LogP contribution in [0.4, 0.5) is 0 Å². The fourth-order valence-corrected chi connectivity index (χ4v) is 7.38. The van der Waals surface area contributed by atoms with Crippen LogP contribution in [-0.4, -0.2) is 27.1 Å². The second kappa shape index (κ2) is 8.60. The number of nitro groups is 1. The molecule has 0 saturated heterocycles. The number of hydrogen-bond acceptors (Lipinski definition) is 6. The van der Waals surface area contributed by atoms with Gasteiger partial charge < -0.3 is 0 Å². The van der Waals surface area contributed by atoms with Crippen molar-refractivity contribution in [3.63, 3.8) is 0 Å². The molecule has 0 saturated carbocycles. The minimum Gasteiger partial charge on any atom is -0.263 e. The standard InChI is InChI=1S/C22H21NO6S2/c1-16-8-12-19(13-9-16)30(26,27)21(18-6-4-3-5-7-18)22(23(24)25)31(28,29)20-14-10-17(2)11-15-20/h3-15,21-22H,1-2H3. The fraction of sp³-hybridized carbons (Fsp3) is 0.182. The normalized spacial score (nSPS) is 14.0. The third kappa shape index (κ3) is 4.52. The minimum atomic E-state index is -4.64. The van der Waals surface area contributed by atoms with Crippen molar-refractivity contribution in [1.29, 1.82) is 0 Å². The van der Waals surface area contributed by atoms with Crippen LogP contribution in [0.15, 0.2) is 88.7 Å². The van der Waals surface area contributed by atoms with E-state index in [1.54, 1.807) is 32.0 Å². The molecule has 3 rings (SSSR count). The maximum Gasteiger partial charge on any atom is 0.335 e. The van der Waals surface area contributed by atoms with Crippen molar-refractivity contribution in [3.05, 3.63) is 106 Å². The molecule has 0 aliphatic carbocycles. The lowest BCUT2D eigenvalue weighted by molar-refractivity contribution is -0.497. The predicted octanol–water partition coefficient (Wildman–Crippen LogP) is 3.90. The van der Waals surface area contributed by atoms with Gasteiger partial charge in [-0.2, -0.15) is 0 Å². The molecule has 0 amide bonds. The molecule has 7 nitrogen and oxygen atoms in total. The summed E-state index contributed by atoms with van der Waals surface area (Å²) < 4.78 is 53.8. The first-order valence-electron chi connectivity index (χ1n) is 9.35. The topological polar surface area (TPSA) is 111 Å². The van der Waals surface area contributed by atoms with Crippen molar-refractivity contribution in [2.75, 3.05) is 0 Å². The molecule has 9 heteroatoms. The molecular formula is C22H21NO6S2. The molecule has 0 radical (unpaired) electrons. The van der Waals surface area contributed by atoms with Gasteiger partial charge in [0.25, 0.3) is 0 Å². The molecule has 0 heterocycles. The third-order valence-corrected chi connectivity index (χ3v) is 9.26. The highest BCUT2D eigenvalue weighted by molar-refractivity contribution is 7.95. The summed E-state index contributed by atoms with van der Waals surface area (Å²) >= 11 is 0. The summed E-state index contributed by atoms with van der Waals surface area (Å²) in [6, 6.07) is 18.7. The summed E-state index contributed by atoms with van der Waals surface area (Å²) in [5.74, 6) is 0. The molecule has 162 valence electrons. The Balaban J connectivity index is 2.27. The van der Waals surface area contributed by atoms with Crippen molar-refractivity contribution >= 4 is 19.7 Å². The highest BCUT2D eigenvalue weighted by atomic mass is 32.2. The summed E-state index contributed by atoms with van der Waals surface area (Å²) in [6.07, 6.45) is 0. The average Bonchev–Trinajstić information content (AvgIpc) is 2.72. The average molecular weight is 460 g/mol. The Labute approximate surface area is 181 Å². The van der Waals surface area contributed by atoms with Crippen molar-refractivity contribution < 1.29 is 21.8 Å². The van der Waals surface area contributed by atoms with E-state index in [9.17, 15) is 26.9 Å².